The van der Waals surface area contributed by atoms with Crippen LogP contribution in [0.5, 0.6) is 0 Å². The number of aromatic nitrogens is 4. The van der Waals surface area contributed by atoms with E-state index < -0.39 is 11.9 Å². The number of nitrogens with one attached hydrogen (secondary N) is 1. The monoisotopic (exact) mass is 372 g/mol. The van der Waals surface area contributed by atoms with Crippen LogP contribution in [-0.2, 0) is 0 Å². The maximum Gasteiger partial charge on any atom is 0.272 e. The smallest absolute Gasteiger partial charge is 0.272 e. The van der Waals surface area contributed by atoms with Crippen molar-refractivity contribution in [1.29, 1.82) is 0 Å². The molecule has 0 aliphatic rings. The number of nitrogens with two attached hydrogens (primary N) is 1. The largest absolute Gasteiger partial charge is 0.394 e. The lowest BCUT2D eigenvalue weighted by molar-refractivity contribution is 0.0911. The van der Waals surface area contributed by atoms with Gasteiger partial charge in [0.05, 0.1) is 12.6 Å². The minimum atomic E-state index is -0.595. The molecule has 2 aromatic heterocycles. The van der Waals surface area contributed by atoms with Gasteiger partial charge in [-0.2, -0.15) is 4.98 Å². The Morgan fingerprint density at radius 3 is 2.96 bits per heavy atom. The van der Waals surface area contributed by atoms with Gasteiger partial charge in [0.25, 0.3) is 5.91 Å². The van der Waals surface area contributed by atoms with Crippen molar-refractivity contribution >= 4 is 23.5 Å². The van der Waals surface area contributed by atoms with Crippen LogP contribution in [0.1, 0.15) is 27.7 Å². The third kappa shape index (κ3) is 3.81. The number of aliphatic hydroxyl groups is 1. The number of carbonyl (C=O) groups is 1. The Balaban J connectivity index is 1.80. The topological polar surface area (TPSA) is 119 Å². The number of aryl methyl sites for hydroxylation is 1. The van der Waals surface area contributed by atoms with Crippen LogP contribution < -0.4 is 11.1 Å². The number of amides is 1. The quantitative estimate of drug-likeness (QED) is 0.626. The van der Waals surface area contributed by atoms with E-state index in [0.29, 0.717) is 16.4 Å². The lowest BCUT2D eigenvalue weighted by Gasteiger charge is -2.16. The fourth-order valence-electron chi connectivity index (χ4n) is 2.45. The van der Waals surface area contributed by atoms with Gasteiger partial charge in [0.2, 0.25) is 5.95 Å². The fraction of sp³-hybridized carbons (Fsp3) is 0.176. The number of rotatable bonds is 5. The highest BCUT2D eigenvalue weighted by Crippen LogP contribution is 2.18. The summed E-state index contributed by atoms with van der Waals surface area (Å²) in [6, 6.07) is 6.35. The van der Waals surface area contributed by atoms with E-state index in [2.05, 4.69) is 20.3 Å². The molecule has 0 saturated heterocycles. The second-order valence-electron chi connectivity index (χ2n) is 5.66. The maximum absolute atomic E-state index is 12.5. The number of hydrogen-bond acceptors (Lipinski definition) is 6. The van der Waals surface area contributed by atoms with Gasteiger partial charge in [0.15, 0.2) is 0 Å². The first-order valence-electron chi connectivity index (χ1n) is 7.78. The molecule has 0 radical (unpaired) electrons. The first-order valence-corrected chi connectivity index (χ1v) is 8.16. The van der Waals surface area contributed by atoms with Crippen molar-refractivity contribution in [2.75, 3.05) is 12.3 Å². The number of benzene rings is 1. The Morgan fingerprint density at radius 2 is 2.23 bits per heavy atom. The molecule has 2 heterocycles. The second kappa shape index (κ2) is 7.51. The van der Waals surface area contributed by atoms with E-state index in [9.17, 15) is 9.90 Å². The molecule has 0 aliphatic carbocycles. The molecule has 8 nitrogen and oxygen atoms in total. The summed E-state index contributed by atoms with van der Waals surface area (Å²) >= 11 is 5.97. The number of nitrogen functional groups attached to an aromatic ring is 1. The molecule has 1 atom stereocenters. The van der Waals surface area contributed by atoms with Crippen LogP contribution in [0.2, 0.25) is 5.02 Å². The van der Waals surface area contributed by atoms with Crippen LogP contribution in [0.25, 0.3) is 5.82 Å². The number of halogens is 1. The second-order valence-corrected chi connectivity index (χ2v) is 6.10. The first kappa shape index (κ1) is 17.8. The Kier molecular flexibility index (Phi) is 5.15. The van der Waals surface area contributed by atoms with E-state index in [1.807, 2.05) is 6.92 Å². The van der Waals surface area contributed by atoms with Crippen LogP contribution in [0.3, 0.4) is 0 Å². The zero-order chi connectivity index (χ0) is 18.7. The molecule has 0 fully saturated rings. The number of nitrogens with zero attached hydrogens (tertiary/aromatic N) is 4. The van der Waals surface area contributed by atoms with Crippen molar-refractivity contribution in [3.8, 4) is 5.82 Å². The van der Waals surface area contributed by atoms with Crippen LogP contribution in [0.4, 0.5) is 5.95 Å². The van der Waals surface area contributed by atoms with Crippen molar-refractivity contribution in [2.45, 2.75) is 13.0 Å². The van der Waals surface area contributed by atoms with Crippen LogP contribution in [0, 0.1) is 6.92 Å². The summed E-state index contributed by atoms with van der Waals surface area (Å²) in [5.74, 6) is 0.242. The molecule has 0 spiro atoms. The Morgan fingerprint density at radius 1 is 1.42 bits per heavy atom. The summed E-state index contributed by atoms with van der Waals surface area (Å²) in [7, 11) is 0. The number of imidazole rings is 1. The molecule has 0 saturated carbocycles. The van der Waals surface area contributed by atoms with E-state index in [4.69, 9.17) is 17.3 Å². The average molecular weight is 373 g/mol. The SMILES string of the molecule is Cc1cnc(N)nc1-n1cnc(C(=O)N[C@H](CO)c2cccc(Cl)c2)c1. The number of carbonyl (C=O) groups excluding carboxylic acids is 1. The average Bonchev–Trinajstić information content (AvgIpc) is 3.11. The molecule has 1 aromatic carbocycles. The Hall–Kier alpha value is -2.97. The van der Waals surface area contributed by atoms with E-state index in [-0.39, 0.29) is 18.2 Å². The van der Waals surface area contributed by atoms with Crippen LogP contribution >= 0.6 is 11.6 Å². The van der Waals surface area contributed by atoms with Gasteiger partial charge in [-0.3, -0.25) is 9.36 Å². The van der Waals surface area contributed by atoms with Gasteiger partial charge in [-0.25, -0.2) is 9.97 Å². The highest BCUT2D eigenvalue weighted by molar-refractivity contribution is 6.30. The van der Waals surface area contributed by atoms with Crippen molar-refractivity contribution in [3.05, 3.63) is 64.8 Å². The van der Waals surface area contributed by atoms with E-state index >= 15 is 0 Å². The fourth-order valence-corrected chi connectivity index (χ4v) is 2.65. The van der Waals surface area contributed by atoms with Crippen LogP contribution in [0.15, 0.2) is 43.0 Å². The minimum Gasteiger partial charge on any atom is -0.394 e. The lowest BCUT2D eigenvalue weighted by Crippen LogP contribution is -2.31. The molecule has 134 valence electrons. The van der Waals surface area contributed by atoms with Gasteiger partial charge >= 0.3 is 0 Å². The third-order valence-corrected chi connectivity index (χ3v) is 4.00. The van der Waals surface area contributed by atoms with Crippen LogP contribution in [-0.4, -0.2) is 37.1 Å². The minimum absolute atomic E-state index is 0.131. The predicted octanol–water partition coefficient (Wildman–Crippen LogP) is 1.67. The predicted molar refractivity (Wildman–Crippen MR) is 97.0 cm³/mol. The van der Waals surface area contributed by atoms with Gasteiger partial charge in [-0.05, 0) is 24.6 Å². The molecule has 1 amide bonds. The first-order chi connectivity index (χ1) is 12.5. The van der Waals surface area contributed by atoms with Gasteiger partial charge < -0.3 is 16.2 Å². The number of hydrogen-bond donors (Lipinski definition) is 3. The van der Waals surface area contributed by atoms with Crippen molar-refractivity contribution < 1.29 is 9.90 Å². The summed E-state index contributed by atoms with van der Waals surface area (Å²) in [5, 5.41) is 12.9. The van der Waals surface area contributed by atoms with E-state index in [0.717, 1.165) is 5.56 Å². The standard InChI is InChI=1S/C17H17ClN6O2/c1-10-6-20-17(19)23-15(10)24-7-13(21-9-24)16(26)22-14(8-25)11-3-2-4-12(18)5-11/h2-7,9,14,25H,8H2,1H3,(H,22,26)(H2,19,20,23)/t14-/m1/s1. The van der Waals surface area contributed by atoms with Gasteiger partial charge in [0, 0.05) is 23.0 Å². The van der Waals surface area contributed by atoms with Gasteiger partial charge in [0.1, 0.15) is 17.8 Å². The van der Waals surface area contributed by atoms with Crippen molar-refractivity contribution in [3.63, 3.8) is 0 Å². The highest BCUT2D eigenvalue weighted by Gasteiger charge is 2.18. The Bertz CT molecular complexity index is 943. The zero-order valence-electron chi connectivity index (χ0n) is 13.9. The molecular weight excluding hydrogens is 356 g/mol. The van der Waals surface area contributed by atoms with Gasteiger partial charge in [-0.1, -0.05) is 23.7 Å². The molecule has 9 heteroatoms. The highest BCUT2D eigenvalue weighted by atomic mass is 35.5. The number of anilines is 1. The lowest BCUT2D eigenvalue weighted by atomic mass is 10.1. The number of aliphatic hydroxyl groups excluding tert-OH is 1. The normalized spacial score (nSPS) is 12.0. The molecule has 3 rings (SSSR count). The molecule has 26 heavy (non-hydrogen) atoms. The molecule has 0 unspecified atom stereocenters. The molecule has 0 bridgehead atoms. The van der Waals surface area contributed by atoms with E-state index in [1.165, 1.54) is 12.5 Å². The van der Waals surface area contributed by atoms with Crippen molar-refractivity contribution in [2.24, 2.45) is 0 Å². The maximum atomic E-state index is 12.5. The third-order valence-electron chi connectivity index (χ3n) is 3.76. The van der Waals surface area contributed by atoms with E-state index in [1.54, 1.807) is 35.0 Å². The molecule has 0 aliphatic heterocycles. The van der Waals surface area contributed by atoms with Crippen molar-refractivity contribution in [1.82, 2.24) is 24.8 Å². The molecule has 3 aromatic rings. The van der Waals surface area contributed by atoms with Gasteiger partial charge in [-0.15, -0.1) is 0 Å². The molecule has 4 N–H and O–H groups in total. The summed E-state index contributed by atoms with van der Waals surface area (Å²) in [6.07, 6.45) is 4.60. The molecular formula is C17H17ClN6O2. The zero-order valence-corrected chi connectivity index (χ0v) is 14.7. The Labute approximate surface area is 154 Å². The summed E-state index contributed by atoms with van der Waals surface area (Å²) < 4.78 is 1.59. The summed E-state index contributed by atoms with van der Waals surface area (Å²) in [6.45, 7) is 1.56. The summed E-state index contributed by atoms with van der Waals surface area (Å²) in [5.41, 5.74) is 7.29. The summed E-state index contributed by atoms with van der Waals surface area (Å²) in [4.78, 5) is 24.7.